The summed E-state index contributed by atoms with van der Waals surface area (Å²) in [6.45, 7) is 0. The molecule has 3 aromatic rings. The quantitative estimate of drug-likeness (QED) is 0.701. The Balaban J connectivity index is 1.82. The summed E-state index contributed by atoms with van der Waals surface area (Å²) in [6.07, 6.45) is 0.0616. The van der Waals surface area contributed by atoms with E-state index in [-0.39, 0.29) is 12.0 Å². The second-order valence-electron chi connectivity index (χ2n) is 5.87. The van der Waals surface area contributed by atoms with Crippen LogP contribution in [0.2, 0.25) is 0 Å². The maximum Gasteiger partial charge on any atom is 0.328 e. The highest BCUT2D eigenvalue weighted by Gasteiger charge is 2.24. The van der Waals surface area contributed by atoms with E-state index < -0.39 is 29.6 Å². The average Bonchev–Trinajstić information content (AvgIpc) is 2.66. The van der Waals surface area contributed by atoms with Gasteiger partial charge in [-0.2, -0.15) is 0 Å². The first-order valence-corrected chi connectivity index (χ1v) is 8.16. The van der Waals surface area contributed by atoms with Gasteiger partial charge in [0.05, 0.1) is 18.2 Å². The molecule has 0 aliphatic rings. The lowest BCUT2D eigenvalue weighted by molar-refractivity contribution is -0.142. The molecule has 0 saturated heterocycles. The first-order valence-electron chi connectivity index (χ1n) is 8.16. The van der Waals surface area contributed by atoms with E-state index in [1.807, 2.05) is 30.3 Å². The van der Waals surface area contributed by atoms with Gasteiger partial charge in [-0.3, -0.25) is 9.78 Å². The summed E-state index contributed by atoms with van der Waals surface area (Å²) in [7, 11) is 1.19. The number of carbonyl (C=O) groups is 2. The summed E-state index contributed by atoms with van der Waals surface area (Å²) in [5.41, 5.74) is 0.940. The third-order valence-corrected chi connectivity index (χ3v) is 4.04. The number of esters is 1. The number of ether oxygens (including phenoxy) is 1. The van der Waals surface area contributed by atoms with Crippen molar-refractivity contribution in [1.82, 2.24) is 10.3 Å². The van der Waals surface area contributed by atoms with E-state index in [9.17, 15) is 18.4 Å². The number of methoxy groups -OCH3 is 1. The van der Waals surface area contributed by atoms with Crippen molar-refractivity contribution in [1.29, 1.82) is 0 Å². The molecule has 7 heteroatoms. The number of hydrogen-bond acceptors (Lipinski definition) is 4. The molecule has 3 rings (SSSR count). The molecule has 1 heterocycles. The number of nitrogens with zero attached hydrogens (tertiary/aromatic N) is 1. The van der Waals surface area contributed by atoms with Gasteiger partial charge in [-0.05, 0) is 24.3 Å². The van der Waals surface area contributed by atoms with Crippen molar-refractivity contribution in [3.05, 3.63) is 77.5 Å². The van der Waals surface area contributed by atoms with Gasteiger partial charge in [-0.1, -0.05) is 24.3 Å². The number of rotatable bonds is 5. The minimum atomic E-state index is -1.07. The van der Waals surface area contributed by atoms with Crippen LogP contribution in [0.15, 0.2) is 54.6 Å². The number of amides is 1. The van der Waals surface area contributed by atoms with E-state index in [4.69, 9.17) is 4.74 Å². The molecule has 0 aliphatic carbocycles. The van der Waals surface area contributed by atoms with E-state index in [0.717, 1.165) is 23.0 Å². The van der Waals surface area contributed by atoms with Gasteiger partial charge >= 0.3 is 5.97 Å². The van der Waals surface area contributed by atoms with E-state index >= 15 is 0 Å². The zero-order valence-corrected chi connectivity index (χ0v) is 14.4. The Hall–Kier alpha value is -3.35. The van der Waals surface area contributed by atoms with Gasteiger partial charge in [-0.25, -0.2) is 13.6 Å². The topological polar surface area (TPSA) is 68.3 Å². The largest absolute Gasteiger partial charge is 0.467 e. The van der Waals surface area contributed by atoms with Gasteiger partial charge in [0.2, 0.25) is 0 Å². The fraction of sp³-hybridized carbons (Fsp3) is 0.150. The number of carbonyl (C=O) groups excluding carboxylic acids is 2. The maximum atomic E-state index is 13.8. The molecule has 0 radical (unpaired) electrons. The second kappa shape index (κ2) is 7.90. The van der Waals surface area contributed by atoms with Gasteiger partial charge in [0, 0.05) is 23.6 Å². The summed E-state index contributed by atoms with van der Waals surface area (Å²) in [6, 6.07) is 12.6. The number of hydrogen-bond donors (Lipinski definition) is 1. The molecule has 0 unspecified atom stereocenters. The van der Waals surface area contributed by atoms with Crippen molar-refractivity contribution in [3.8, 4) is 0 Å². The standard InChI is InChI=1S/C20H16F2N2O3/c1-27-20(26)18(24-19(25)15-9-7-13(21)10-16(15)22)11-14-8-6-12-4-2-3-5-17(12)23-14/h2-10,18H,11H2,1H3,(H,24,25)/t18-/m0/s1. The van der Waals surface area contributed by atoms with E-state index in [1.54, 1.807) is 6.07 Å². The van der Waals surface area contributed by atoms with Crippen LogP contribution in [0.5, 0.6) is 0 Å². The van der Waals surface area contributed by atoms with Crippen LogP contribution < -0.4 is 5.32 Å². The molecule has 0 spiro atoms. The molecular weight excluding hydrogens is 354 g/mol. The molecule has 0 bridgehead atoms. The van der Waals surface area contributed by atoms with Crippen LogP contribution in [0.4, 0.5) is 8.78 Å². The van der Waals surface area contributed by atoms with E-state index in [0.29, 0.717) is 11.8 Å². The van der Waals surface area contributed by atoms with Crippen LogP contribution in [-0.4, -0.2) is 30.0 Å². The molecule has 1 N–H and O–H groups in total. The number of benzene rings is 2. The molecule has 2 aromatic carbocycles. The molecule has 1 aromatic heterocycles. The van der Waals surface area contributed by atoms with Crippen molar-refractivity contribution in [2.75, 3.05) is 7.11 Å². The van der Waals surface area contributed by atoms with Crippen LogP contribution in [0.25, 0.3) is 10.9 Å². The number of para-hydroxylation sites is 1. The molecular formula is C20H16F2N2O3. The number of halogens is 2. The maximum absolute atomic E-state index is 13.8. The number of pyridine rings is 1. The molecule has 5 nitrogen and oxygen atoms in total. The van der Waals surface area contributed by atoms with Crippen molar-refractivity contribution >= 4 is 22.8 Å². The Morgan fingerprint density at radius 3 is 2.63 bits per heavy atom. The van der Waals surface area contributed by atoms with Gasteiger partial charge in [0.15, 0.2) is 0 Å². The normalized spacial score (nSPS) is 11.8. The second-order valence-corrected chi connectivity index (χ2v) is 5.87. The Morgan fingerprint density at radius 1 is 1.11 bits per heavy atom. The van der Waals surface area contributed by atoms with Crippen LogP contribution in [0, 0.1) is 11.6 Å². The summed E-state index contributed by atoms with van der Waals surface area (Å²) in [4.78, 5) is 28.8. The lowest BCUT2D eigenvalue weighted by Gasteiger charge is -2.16. The highest BCUT2D eigenvalue weighted by Crippen LogP contribution is 2.14. The molecule has 0 saturated carbocycles. The number of nitrogens with one attached hydrogen (secondary N) is 1. The third kappa shape index (κ3) is 4.25. The predicted octanol–water partition coefficient (Wildman–Crippen LogP) is 3.03. The molecule has 1 amide bonds. The van der Waals surface area contributed by atoms with Gasteiger partial charge < -0.3 is 10.1 Å². The molecule has 1 atom stereocenters. The highest BCUT2D eigenvalue weighted by molar-refractivity contribution is 5.97. The third-order valence-electron chi connectivity index (χ3n) is 4.04. The monoisotopic (exact) mass is 370 g/mol. The van der Waals surface area contributed by atoms with Crippen LogP contribution in [0.1, 0.15) is 16.1 Å². The summed E-state index contributed by atoms with van der Waals surface area (Å²) in [5, 5.41) is 3.36. The van der Waals surface area contributed by atoms with E-state index in [2.05, 4.69) is 10.3 Å². The minimum Gasteiger partial charge on any atom is -0.467 e. The van der Waals surface area contributed by atoms with Crippen molar-refractivity contribution in [2.24, 2.45) is 0 Å². The van der Waals surface area contributed by atoms with Crippen LogP contribution >= 0.6 is 0 Å². The van der Waals surface area contributed by atoms with Gasteiger partial charge in [0.25, 0.3) is 5.91 Å². The average molecular weight is 370 g/mol. The van der Waals surface area contributed by atoms with Crippen LogP contribution in [-0.2, 0) is 16.0 Å². The SMILES string of the molecule is COC(=O)[C@H](Cc1ccc2ccccc2n1)NC(=O)c1ccc(F)cc1F. The van der Waals surface area contributed by atoms with Crippen LogP contribution in [0.3, 0.4) is 0 Å². The zero-order valence-electron chi connectivity index (χ0n) is 14.4. The Morgan fingerprint density at radius 2 is 1.89 bits per heavy atom. The summed E-state index contributed by atoms with van der Waals surface area (Å²) in [5.74, 6) is -3.35. The number of fused-ring (bicyclic) bond motifs is 1. The fourth-order valence-electron chi connectivity index (χ4n) is 2.68. The Bertz CT molecular complexity index is 1010. The highest BCUT2D eigenvalue weighted by atomic mass is 19.1. The van der Waals surface area contributed by atoms with Gasteiger partial charge in [0.1, 0.15) is 17.7 Å². The Kier molecular flexibility index (Phi) is 5.40. The fourth-order valence-corrected chi connectivity index (χ4v) is 2.68. The summed E-state index contributed by atoms with van der Waals surface area (Å²) < 4.78 is 31.5. The lowest BCUT2D eigenvalue weighted by Crippen LogP contribution is -2.43. The van der Waals surface area contributed by atoms with E-state index in [1.165, 1.54) is 7.11 Å². The lowest BCUT2D eigenvalue weighted by atomic mass is 10.1. The predicted molar refractivity (Wildman–Crippen MR) is 95.1 cm³/mol. The summed E-state index contributed by atoms with van der Waals surface area (Å²) >= 11 is 0. The zero-order chi connectivity index (χ0) is 19.4. The van der Waals surface area contributed by atoms with Gasteiger partial charge in [-0.15, -0.1) is 0 Å². The van der Waals surface area contributed by atoms with Crippen molar-refractivity contribution in [2.45, 2.75) is 12.5 Å². The molecule has 0 fully saturated rings. The van der Waals surface area contributed by atoms with Crippen molar-refractivity contribution in [3.63, 3.8) is 0 Å². The number of aromatic nitrogens is 1. The van der Waals surface area contributed by atoms with Crippen molar-refractivity contribution < 1.29 is 23.1 Å². The molecule has 27 heavy (non-hydrogen) atoms. The molecule has 0 aliphatic heterocycles. The Labute approximate surface area is 154 Å². The minimum absolute atomic E-state index is 0.0616. The smallest absolute Gasteiger partial charge is 0.328 e. The molecule has 138 valence electrons. The first kappa shape index (κ1) is 18.4. The first-order chi connectivity index (χ1) is 13.0.